The Bertz CT molecular complexity index is 566. The molecule has 0 bridgehead atoms. The van der Waals surface area contributed by atoms with E-state index in [0.717, 1.165) is 15.7 Å². The van der Waals surface area contributed by atoms with Crippen molar-refractivity contribution < 1.29 is 0 Å². The van der Waals surface area contributed by atoms with Crippen molar-refractivity contribution in [1.29, 1.82) is 0 Å². The second kappa shape index (κ2) is 5.03. The molecule has 1 N–H and O–H groups in total. The first-order valence-corrected chi connectivity index (χ1v) is 7.31. The van der Waals surface area contributed by atoms with Gasteiger partial charge in [0.2, 0.25) is 5.13 Å². The largest absolute Gasteiger partial charge is 0.356 e. The summed E-state index contributed by atoms with van der Waals surface area (Å²) in [6.45, 7) is 0.634. The molecule has 1 aromatic carbocycles. The molecule has 0 unspecified atom stereocenters. The zero-order chi connectivity index (χ0) is 12.5. The average molecular weight is 300 g/mol. The molecule has 0 amide bonds. The predicted octanol–water partition coefficient (Wildman–Crippen LogP) is 4.33. The van der Waals surface area contributed by atoms with E-state index < -0.39 is 0 Å². The molecule has 3 rings (SSSR count). The van der Waals surface area contributed by atoms with Crippen molar-refractivity contribution in [2.45, 2.75) is 25.3 Å². The van der Waals surface area contributed by atoms with Crippen molar-refractivity contribution in [2.75, 3.05) is 5.32 Å². The second-order valence-corrected chi connectivity index (χ2v) is 6.16. The van der Waals surface area contributed by atoms with E-state index in [-0.39, 0.29) is 0 Å². The van der Waals surface area contributed by atoms with Gasteiger partial charge < -0.3 is 5.32 Å². The Morgan fingerprint density at radius 2 is 2.11 bits per heavy atom. The highest BCUT2D eigenvalue weighted by atomic mass is 35.5. The minimum absolute atomic E-state index is 0.634. The summed E-state index contributed by atoms with van der Waals surface area (Å²) in [6.07, 6.45) is 2.50. The molecular weight excluding hydrogens is 289 g/mol. The normalized spacial score (nSPS) is 14.8. The highest BCUT2D eigenvalue weighted by Gasteiger charge is 2.27. The van der Waals surface area contributed by atoms with E-state index in [2.05, 4.69) is 15.5 Å². The molecule has 6 heteroatoms. The molecule has 1 aliphatic carbocycles. The lowest BCUT2D eigenvalue weighted by atomic mass is 10.2. The average Bonchev–Trinajstić information content (AvgIpc) is 3.08. The first-order valence-electron chi connectivity index (χ1n) is 5.73. The van der Waals surface area contributed by atoms with Crippen molar-refractivity contribution in [2.24, 2.45) is 0 Å². The van der Waals surface area contributed by atoms with Gasteiger partial charge in [-0.2, -0.15) is 0 Å². The van der Waals surface area contributed by atoms with E-state index in [9.17, 15) is 0 Å². The van der Waals surface area contributed by atoms with Crippen LogP contribution in [0.3, 0.4) is 0 Å². The van der Waals surface area contributed by atoms with E-state index in [1.165, 1.54) is 12.8 Å². The van der Waals surface area contributed by atoms with Gasteiger partial charge in [-0.05, 0) is 30.5 Å². The number of halogens is 2. The number of nitrogens with one attached hydrogen (secondary N) is 1. The monoisotopic (exact) mass is 299 g/mol. The Hall–Kier alpha value is -0.840. The van der Waals surface area contributed by atoms with Crippen LogP contribution in [0.25, 0.3) is 0 Å². The lowest BCUT2D eigenvalue weighted by Crippen LogP contribution is -1.99. The lowest BCUT2D eigenvalue weighted by molar-refractivity contribution is 0.968. The summed E-state index contributed by atoms with van der Waals surface area (Å²) in [6, 6.07) is 5.50. The molecule has 0 spiro atoms. The molecule has 0 saturated heterocycles. The molecule has 18 heavy (non-hydrogen) atoms. The fraction of sp³-hybridized carbons (Fsp3) is 0.333. The van der Waals surface area contributed by atoms with Crippen molar-refractivity contribution in [3.05, 3.63) is 38.8 Å². The number of hydrogen-bond acceptors (Lipinski definition) is 4. The van der Waals surface area contributed by atoms with Crippen LogP contribution in [0.4, 0.5) is 5.13 Å². The third kappa shape index (κ3) is 2.76. The maximum atomic E-state index is 6.10. The molecule has 94 valence electrons. The summed E-state index contributed by atoms with van der Waals surface area (Å²) >= 11 is 13.6. The van der Waals surface area contributed by atoms with Gasteiger partial charge in [0.25, 0.3) is 0 Å². The van der Waals surface area contributed by atoms with Crippen LogP contribution in [0.15, 0.2) is 18.2 Å². The quantitative estimate of drug-likeness (QED) is 0.913. The summed E-state index contributed by atoms with van der Waals surface area (Å²) in [5, 5.41) is 14.9. The molecule has 0 atom stereocenters. The number of benzene rings is 1. The van der Waals surface area contributed by atoms with Gasteiger partial charge in [-0.25, -0.2) is 0 Å². The second-order valence-electron chi connectivity index (χ2n) is 4.31. The SMILES string of the molecule is Clc1ccc(CNc2nnc(C3CC3)s2)c(Cl)c1. The van der Waals surface area contributed by atoms with E-state index >= 15 is 0 Å². The van der Waals surface area contributed by atoms with Gasteiger partial charge in [-0.15, -0.1) is 10.2 Å². The minimum Gasteiger partial charge on any atom is -0.356 e. The Morgan fingerprint density at radius 1 is 1.28 bits per heavy atom. The minimum atomic E-state index is 0.634. The number of aromatic nitrogens is 2. The van der Waals surface area contributed by atoms with Gasteiger partial charge in [0, 0.05) is 22.5 Å². The number of anilines is 1. The Kier molecular flexibility index (Phi) is 3.41. The van der Waals surface area contributed by atoms with E-state index in [0.29, 0.717) is 22.5 Å². The van der Waals surface area contributed by atoms with Gasteiger partial charge >= 0.3 is 0 Å². The summed E-state index contributed by atoms with van der Waals surface area (Å²) < 4.78 is 0. The van der Waals surface area contributed by atoms with Gasteiger partial charge in [0.15, 0.2) is 0 Å². The summed E-state index contributed by atoms with van der Waals surface area (Å²) in [4.78, 5) is 0. The first-order chi connectivity index (χ1) is 8.72. The van der Waals surface area contributed by atoms with Gasteiger partial charge in [0.1, 0.15) is 5.01 Å². The van der Waals surface area contributed by atoms with E-state index in [4.69, 9.17) is 23.2 Å². The third-order valence-corrected chi connectivity index (χ3v) is 4.44. The van der Waals surface area contributed by atoms with Crippen LogP contribution >= 0.6 is 34.5 Å². The van der Waals surface area contributed by atoms with Crippen molar-refractivity contribution in [3.8, 4) is 0 Å². The summed E-state index contributed by atoms with van der Waals surface area (Å²) in [5.74, 6) is 0.650. The highest BCUT2D eigenvalue weighted by molar-refractivity contribution is 7.15. The molecule has 1 aliphatic rings. The topological polar surface area (TPSA) is 37.8 Å². The number of rotatable bonds is 4. The van der Waals surface area contributed by atoms with Crippen molar-refractivity contribution in [3.63, 3.8) is 0 Å². The molecule has 1 saturated carbocycles. The van der Waals surface area contributed by atoms with Crippen LogP contribution in [0, 0.1) is 0 Å². The highest BCUT2D eigenvalue weighted by Crippen LogP contribution is 2.42. The van der Waals surface area contributed by atoms with Gasteiger partial charge in [0.05, 0.1) is 0 Å². The summed E-state index contributed by atoms with van der Waals surface area (Å²) in [5.41, 5.74) is 1.00. The van der Waals surface area contributed by atoms with E-state index in [1.807, 2.05) is 12.1 Å². The lowest BCUT2D eigenvalue weighted by Gasteiger charge is -2.05. The fourth-order valence-corrected chi connectivity index (χ4v) is 3.02. The number of nitrogens with zero attached hydrogens (tertiary/aromatic N) is 2. The molecule has 3 nitrogen and oxygen atoms in total. The van der Waals surface area contributed by atoms with Gasteiger partial charge in [-0.1, -0.05) is 40.6 Å². The Balaban J connectivity index is 1.65. The van der Waals surface area contributed by atoms with Crippen LogP contribution in [0.1, 0.15) is 29.3 Å². The first kappa shape index (κ1) is 12.2. The van der Waals surface area contributed by atoms with Crippen LogP contribution in [0.5, 0.6) is 0 Å². The summed E-state index contributed by atoms with van der Waals surface area (Å²) in [7, 11) is 0. The van der Waals surface area contributed by atoms with Crippen LogP contribution in [0.2, 0.25) is 10.0 Å². The van der Waals surface area contributed by atoms with Crippen LogP contribution < -0.4 is 5.32 Å². The zero-order valence-electron chi connectivity index (χ0n) is 9.49. The maximum Gasteiger partial charge on any atom is 0.205 e. The molecule has 0 aliphatic heterocycles. The Morgan fingerprint density at radius 3 is 2.83 bits per heavy atom. The molecule has 2 aromatic rings. The molecule has 0 radical (unpaired) electrons. The number of hydrogen-bond donors (Lipinski definition) is 1. The van der Waals surface area contributed by atoms with Crippen molar-refractivity contribution in [1.82, 2.24) is 10.2 Å². The predicted molar refractivity (Wildman–Crippen MR) is 75.7 cm³/mol. The maximum absolute atomic E-state index is 6.10. The molecule has 1 heterocycles. The third-order valence-electron chi connectivity index (χ3n) is 2.81. The fourth-order valence-electron chi connectivity index (χ4n) is 1.64. The molecule has 1 aromatic heterocycles. The van der Waals surface area contributed by atoms with Crippen LogP contribution in [-0.4, -0.2) is 10.2 Å². The zero-order valence-corrected chi connectivity index (χ0v) is 11.8. The molecular formula is C12H11Cl2N3S. The standard InChI is InChI=1S/C12H11Cl2N3S/c13-9-4-3-8(10(14)5-9)6-15-12-17-16-11(18-12)7-1-2-7/h3-5,7H,1-2,6H2,(H,15,17). The smallest absolute Gasteiger partial charge is 0.205 e. The Labute approximate surface area is 119 Å². The molecule has 1 fully saturated rings. The van der Waals surface area contributed by atoms with Crippen molar-refractivity contribution >= 4 is 39.7 Å². The van der Waals surface area contributed by atoms with E-state index in [1.54, 1.807) is 17.4 Å². The van der Waals surface area contributed by atoms with Crippen LogP contribution in [-0.2, 0) is 6.54 Å². The van der Waals surface area contributed by atoms with Gasteiger partial charge in [-0.3, -0.25) is 0 Å².